The quantitative estimate of drug-likeness (QED) is 0.472. The van der Waals surface area contributed by atoms with Crippen LogP contribution >= 0.6 is 11.6 Å². The number of halogens is 1. The van der Waals surface area contributed by atoms with Crippen LogP contribution in [0.25, 0.3) is 16.6 Å². The normalized spacial score (nSPS) is 13.0. The predicted molar refractivity (Wildman–Crippen MR) is 94.1 cm³/mol. The number of ether oxygens (including phenoxy) is 2. The molecule has 0 saturated heterocycles. The zero-order valence-corrected chi connectivity index (χ0v) is 15.4. The van der Waals surface area contributed by atoms with Crippen molar-refractivity contribution in [3.8, 4) is 11.5 Å². The second-order valence-corrected chi connectivity index (χ2v) is 6.92. The number of hydrogen-bond donors (Lipinski definition) is 0. The fraction of sp³-hybridized carbons (Fsp3) is 0.118. The Morgan fingerprint density at radius 3 is 2.92 bits per heavy atom. The molecule has 5 rings (SSSR count). The molecule has 8 heteroatoms. The molecule has 0 atom stereocenters. The van der Waals surface area contributed by atoms with Crippen LogP contribution in [0.2, 0.25) is 5.02 Å². The van der Waals surface area contributed by atoms with E-state index in [1.807, 2.05) is 36.4 Å². The minimum absolute atomic E-state index is 0.260. The molecule has 0 saturated carbocycles. The molecule has 25 heavy (non-hydrogen) atoms. The number of fused-ring (bicyclic) bond motifs is 4. The number of nitrogens with zero attached hydrogens (tertiary/aromatic N) is 4. The third-order valence-electron chi connectivity index (χ3n) is 4.10. The van der Waals surface area contributed by atoms with E-state index in [9.17, 15) is 0 Å². The predicted octanol–water partition coefficient (Wildman–Crippen LogP) is 2.04. The topological polar surface area (TPSA) is 61.5 Å². The monoisotopic (exact) mass is 412 g/mol. The molecular weight excluding hydrogens is 403 g/mol. The molecule has 0 fully saturated rings. The van der Waals surface area contributed by atoms with Crippen molar-refractivity contribution in [2.24, 2.45) is 0 Å². The minimum atomic E-state index is 0.260. The van der Waals surface area contributed by atoms with Gasteiger partial charge in [0.05, 0.1) is 0 Å². The van der Waals surface area contributed by atoms with E-state index in [-0.39, 0.29) is 6.79 Å². The summed E-state index contributed by atoms with van der Waals surface area (Å²) in [4.78, 5) is 9.28. The van der Waals surface area contributed by atoms with Crippen molar-refractivity contribution < 1.29 is 9.47 Å². The van der Waals surface area contributed by atoms with Gasteiger partial charge in [0.2, 0.25) is 0 Å². The van der Waals surface area contributed by atoms with Gasteiger partial charge in [-0.25, -0.2) is 0 Å². The average Bonchev–Trinajstić information content (AvgIpc) is 3.20. The summed E-state index contributed by atoms with van der Waals surface area (Å²) in [6, 6.07) is 11.5. The van der Waals surface area contributed by atoms with Gasteiger partial charge in [-0.05, 0) is 0 Å². The number of benzene rings is 2. The van der Waals surface area contributed by atoms with Crippen LogP contribution in [0.15, 0.2) is 36.4 Å². The van der Waals surface area contributed by atoms with E-state index in [1.54, 1.807) is 4.52 Å². The van der Waals surface area contributed by atoms with Crippen molar-refractivity contribution in [3.63, 3.8) is 0 Å². The molecule has 0 spiro atoms. The van der Waals surface area contributed by atoms with Crippen LogP contribution in [0.3, 0.4) is 0 Å². The summed E-state index contributed by atoms with van der Waals surface area (Å²) < 4.78 is 13.2. The van der Waals surface area contributed by atoms with E-state index in [0.717, 1.165) is 33.8 Å². The van der Waals surface area contributed by atoms with Crippen LogP contribution in [-0.4, -0.2) is 43.2 Å². The SMILES string of the molecule is Clc1cccc2nc(Cc3ccc4c(c3)OCO4)n3nc([As])nc3c12. The molecular formula is C17H10AsClN4O2. The van der Waals surface area contributed by atoms with E-state index in [2.05, 4.69) is 26.9 Å². The van der Waals surface area contributed by atoms with Crippen molar-refractivity contribution >= 4 is 49.6 Å². The molecule has 122 valence electrons. The summed E-state index contributed by atoms with van der Waals surface area (Å²) in [5, 5.41) is 5.90. The van der Waals surface area contributed by atoms with Gasteiger partial charge in [0, 0.05) is 0 Å². The van der Waals surface area contributed by atoms with Gasteiger partial charge in [-0.3, -0.25) is 0 Å². The van der Waals surface area contributed by atoms with Crippen molar-refractivity contribution in [2.75, 3.05) is 6.79 Å². The van der Waals surface area contributed by atoms with Gasteiger partial charge in [0.15, 0.2) is 0 Å². The van der Waals surface area contributed by atoms with Crippen LogP contribution in [0.4, 0.5) is 0 Å². The first-order valence-corrected chi connectivity index (χ1v) is 8.92. The molecule has 0 bridgehead atoms. The Balaban J connectivity index is 1.69. The van der Waals surface area contributed by atoms with Crippen LogP contribution in [0, 0.1) is 0 Å². The maximum absolute atomic E-state index is 6.37. The van der Waals surface area contributed by atoms with Crippen LogP contribution in [-0.2, 0) is 6.42 Å². The fourth-order valence-corrected chi connectivity index (χ4v) is 3.65. The van der Waals surface area contributed by atoms with Crippen LogP contribution < -0.4 is 14.1 Å². The average molecular weight is 413 g/mol. The Morgan fingerprint density at radius 2 is 2.00 bits per heavy atom. The number of hydrogen-bond acceptors (Lipinski definition) is 5. The van der Waals surface area contributed by atoms with Gasteiger partial charge in [0.1, 0.15) is 0 Å². The molecule has 2 aromatic carbocycles. The fourth-order valence-electron chi connectivity index (χ4n) is 3.00. The summed E-state index contributed by atoms with van der Waals surface area (Å²) in [6.07, 6.45) is 0.589. The Hall–Kier alpha value is -2.30. The standard InChI is InChI=1S/C17H10AsClN4O2/c18-17-21-16-15-10(19)2-1-3-11(15)20-14(23(16)22-17)7-9-4-5-12-13(6-9)25-8-24-12/h1-6H,7-8H2. The first-order valence-electron chi connectivity index (χ1n) is 7.60. The van der Waals surface area contributed by atoms with E-state index >= 15 is 0 Å². The Bertz CT molecular complexity index is 1140. The van der Waals surface area contributed by atoms with E-state index in [0.29, 0.717) is 21.7 Å². The summed E-state index contributed by atoms with van der Waals surface area (Å²) in [5.74, 6) is 2.30. The first-order chi connectivity index (χ1) is 12.2. The Labute approximate surface area is 156 Å². The van der Waals surface area contributed by atoms with Crippen LogP contribution in [0.5, 0.6) is 11.5 Å². The van der Waals surface area contributed by atoms with Gasteiger partial charge < -0.3 is 0 Å². The Kier molecular flexibility index (Phi) is 3.37. The third-order valence-corrected chi connectivity index (χ3v) is 4.82. The molecule has 2 aromatic heterocycles. The molecule has 0 amide bonds. The molecule has 0 unspecified atom stereocenters. The summed E-state index contributed by atoms with van der Waals surface area (Å²) in [7, 11) is 0. The molecule has 3 heterocycles. The third kappa shape index (κ3) is 2.44. The molecule has 1 aliphatic heterocycles. The van der Waals surface area contributed by atoms with Gasteiger partial charge in [-0.1, -0.05) is 0 Å². The van der Waals surface area contributed by atoms with Crippen molar-refractivity contribution in [3.05, 3.63) is 52.8 Å². The molecule has 2 radical (unpaired) electrons. The van der Waals surface area contributed by atoms with E-state index in [1.165, 1.54) is 0 Å². The van der Waals surface area contributed by atoms with Gasteiger partial charge in [-0.2, -0.15) is 0 Å². The van der Waals surface area contributed by atoms with Crippen molar-refractivity contribution in [2.45, 2.75) is 6.42 Å². The molecule has 0 aliphatic carbocycles. The van der Waals surface area contributed by atoms with E-state index < -0.39 is 0 Å². The molecule has 4 aromatic rings. The molecule has 1 aliphatic rings. The van der Waals surface area contributed by atoms with Gasteiger partial charge in [-0.15, -0.1) is 0 Å². The summed E-state index contributed by atoms with van der Waals surface area (Å²) in [5.41, 5.74) is 2.57. The van der Waals surface area contributed by atoms with Crippen molar-refractivity contribution in [1.82, 2.24) is 19.6 Å². The number of rotatable bonds is 2. The summed E-state index contributed by atoms with van der Waals surface area (Å²) >= 11 is 8.72. The molecule has 6 nitrogen and oxygen atoms in total. The summed E-state index contributed by atoms with van der Waals surface area (Å²) in [6.45, 7) is 0.260. The van der Waals surface area contributed by atoms with Gasteiger partial charge >= 0.3 is 156 Å². The van der Waals surface area contributed by atoms with Crippen molar-refractivity contribution in [1.29, 1.82) is 0 Å². The van der Waals surface area contributed by atoms with Crippen LogP contribution in [0.1, 0.15) is 11.4 Å². The number of aromatic nitrogens is 4. The second-order valence-electron chi connectivity index (χ2n) is 5.67. The zero-order valence-electron chi connectivity index (χ0n) is 12.8. The van der Waals surface area contributed by atoms with Gasteiger partial charge in [0.25, 0.3) is 0 Å². The zero-order chi connectivity index (χ0) is 17.0. The second kappa shape index (κ2) is 5.61. The van der Waals surface area contributed by atoms with E-state index in [4.69, 9.17) is 26.1 Å². The molecule has 0 N–H and O–H groups in total. The first kappa shape index (κ1) is 15.0. The Morgan fingerprint density at radius 1 is 1.12 bits per heavy atom. The maximum atomic E-state index is 6.37.